The Morgan fingerprint density at radius 1 is 1.50 bits per heavy atom. The van der Waals surface area contributed by atoms with Crippen molar-refractivity contribution in [2.45, 2.75) is 13.0 Å². The van der Waals surface area contributed by atoms with Crippen LogP contribution in [0.2, 0.25) is 0 Å². The summed E-state index contributed by atoms with van der Waals surface area (Å²) in [5.41, 5.74) is 0.447. The van der Waals surface area contributed by atoms with E-state index < -0.39 is 13.0 Å². The molecule has 84 valence electrons. The summed E-state index contributed by atoms with van der Waals surface area (Å²) in [6, 6.07) is 1.58. The summed E-state index contributed by atoms with van der Waals surface area (Å²) in [7, 11) is 0. The molecule has 0 spiro atoms. The number of hydrogen-bond donors (Lipinski definition) is 1. The zero-order valence-electron chi connectivity index (χ0n) is 7.97. The number of rotatable bonds is 3. The molecule has 2 rings (SSSR count). The molecule has 0 aromatic carbocycles. The lowest BCUT2D eigenvalue weighted by atomic mass is 10.4. The van der Waals surface area contributed by atoms with Crippen molar-refractivity contribution in [3.05, 3.63) is 23.4 Å². The Bertz CT molecular complexity index is 521. The Labute approximate surface area is 94.2 Å². The standard InChI is InChI=1S/C8H7F2N5S/c9-6(10)3-15-7(13-14-8(15)16)5-1-2-11-4-12-5/h1-2,4,6H,3H2,(H,14,16). The second-order valence-electron chi connectivity index (χ2n) is 2.95. The minimum atomic E-state index is -2.50. The highest BCUT2D eigenvalue weighted by molar-refractivity contribution is 7.71. The van der Waals surface area contributed by atoms with Crippen LogP contribution >= 0.6 is 12.2 Å². The van der Waals surface area contributed by atoms with Gasteiger partial charge in [0.2, 0.25) is 0 Å². The molecule has 16 heavy (non-hydrogen) atoms. The van der Waals surface area contributed by atoms with Crippen molar-refractivity contribution in [2.24, 2.45) is 0 Å². The molecule has 0 amide bonds. The summed E-state index contributed by atoms with van der Waals surface area (Å²) >= 11 is 4.86. The third-order valence-corrected chi connectivity index (χ3v) is 2.20. The van der Waals surface area contributed by atoms with Crippen molar-refractivity contribution in [1.29, 1.82) is 0 Å². The van der Waals surface area contributed by atoms with E-state index in [1.165, 1.54) is 17.1 Å². The average Bonchev–Trinajstić information content (AvgIpc) is 2.61. The maximum absolute atomic E-state index is 12.3. The van der Waals surface area contributed by atoms with Crippen LogP contribution in [-0.4, -0.2) is 31.2 Å². The first-order valence-corrected chi connectivity index (χ1v) is 4.79. The maximum Gasteiger partial charge on any atom is 0.256 e. The van der Waals surface area contributed by atoms with Crippen molar-refractivity contribution < 1.29 is 8.78 Å². The van der Waals surface area contributed by atoms with E-state index >= 15 is 0 Å². The second kappa shape index (κ2) is 4.44. The number of halogens is 2. The lowest BCUT2D eigenvalue weighted by Crippen LogP contribution is -2.08. The highest BCUT2D eigenvalue weighted by Crippen LogP contribution is 2.14. The number of H-pyrrole nitrogens is 1. The summed E-state index contributed by atoms with van der Waals surface area (Å²) in [6.07, 6.45) is 0.330. The Morgan fingerprint density at radius 3 is 2.94 bits per heavy atom. The molecule has 0 unspecified atom stereocenters. The zero-order valence-corrected chi connectivity index (χ0v) is 8.79. The summed E-state index contributed by atoms with van der Waals surface area (Å²) in [5, 5.41) is 6.32. The largest absolute Gasteiger partial charge is 0.293 e. The fourth-order valence-corrected chi connectivity index (χ4v) is 1.45. The molecule has 0 atom stereocenters. The molecule has 0 saturated carbocycles. The van der Waals surface area contributed by atoms with Gasteiger partial charge in [-0.3, -0.25) is 9.67 Å². The van der Waals surface area contributed by atoms with Crippen molar-refractivity contribution in [3.63, 3.8) is 0 Å². The smallest absolute Gasteiger partial charge is 0.256 e. The van der Waals surface area contributed by atoms with E-state index in [1.807, 2.05) is 0 Å². The normalized spacial score (nSPS) is 10.9. The number of nitrogens with zero attached hydrogens (tertiary/aromatic N) is 4. The molecule has 0 saturated heterocycles. The van der Waals surface area contributed by atoms with Gasteiger partial charge in [-0.15, -0.1) is 0 Å². The fourth-order valence-electron chi connectivity index (χ4n) is 1.24. The third-order valence-electron chi connectivity index (χ3n) is 1.89. The molecule has 0 radical (unpaired) electrons. The molecule has 5 nitrogen and oxygen atoms in total. The summed E-state index contributed by atoms with van der Waals surface area (Å²) < 4.78 is 26.0. The van der Waals surface area contributed by atoms with Gasteiger partial charge in [-0.25, -0.2) is 18.7 Å². The van der Waals surface area contributed by atoms with Crippen LogP contribution in [0.4, 0.5) is 8.78 Å². The zero-order chi connectivity index (χ0) is 11.5. The minimum absolute atomic E-state index is 0.147. The van der Waals surface area contributed by atoms with Crippen molar-refractivity contribution >= 4 is 12.2 Å². The lowest BCUT2D eigenvalue weighted by Gasteiger charge is -2.04. The minimum Gasteiger partial charge on any atom is -0.293 e. The van der Waals surface area contributed by atoms with Gasteiger partial charge in [-0.1, -0.05) is 0 Å². The number of nitrogens with one attached hydrogen (secondary N) is 1. The van der Waals surface area contributed by atoms with Crippen LogP contribution in [0.1, 0.15) is 0 Å². The van der Waals surface area contributed by atoms with Crippen molar-refractivity contribution in [2.75, 3.05) is 0 Å². The first-order chi connectivity index (χ1) is 7.68. The van der Waals surface area contributed by atoms with Gasteiger partial charge >= 0.3 is 0 Å². The van der Waals surface area contributed by atoms with E-state index in [-0.39, 0.29) is 10.6 Å². The Kier molecular flexibility index (Phi) is 3.00. The van der Waals surface area contributed by atoms with Gasteiger partial charge in [-0.2, -0.15) is 5.10 Å². The van der Waals surface area contributed by atoms with Crippen LogP contribution in [-0.2, 0) is 6.54 Å². The highest BCUT2D eigenvalue weighted by atomic mass is 32.1. The van der Waals surface area contributed by atoms with Crippen LogP contribution in [0.25, 0.3) is 11.5 Å². The van der Waals surface area contributed by atoms with Crippen LogP contribution in [0.5, 0.6) is 0 Å². The average molecular weight is 243 g/mol. The van der Waals surface area contributed by atoms with Gasteiger partial charge in [-0.05, 0) is 18.3 Å². The van der Waals surface area contributed by atoms with Gasteiger partial charge in [0, 0.05) is 6.20 Å². The molecule has 0 fully saturated rings. The first kappa shape index (κ1) is 10.8. The summed E-state index contributed by atoms with van der Waals surface area (Å²) in [6.45, 7) is -0.505. The van der Waals surface area contributed by atoms with E-state index in [4.69, 9.17) is 12.2 Å². The molecule has 0 aliphatic heterocycles. The molecule has 1 N–H and O–H groups in total. The van der Waals surface area contributed by atoms with Gasteiger partial charge in [0.25, 0.3) is 6.43 Å². The van der Waals surface area contributed by atoms with Crippen LogP contribution < -0.4 is 0 Å². The molecule has 2 heterocycles. The molecule has 0 bridgehead atoms. The van der Waals surface area contributed by atoms with Crippen LogP contribution in [0.15, 0.2) is 18.6 Å². The number of aromatic amines is 1. The summed E-state index contributed by atoms with van der Waals surface area (Å²) in [4.78, 5) is 7.66. The Hall–Kier alpha value is -1.70. The van der Waals surface area contributed by atoms with E-state index in [2.05, 4.69) is 20.2 Å². The lowest BCUT2D eigenvalue weighted by molar-refractivity contribution is 0.126. The first-order valence-electron chi connectivity index (χ1n) is 4.38. The van der Waals surface area contributed by atoms with Crippen molar-refractivity contribution in [3.8, 4) is 11.5 Å². The highest BCUT2D eigenvalue weighted by Gasteiger charge is 2.13. The molecule has 2 aromatic heterocycles. The number of alkyl halides is 2. The van der Waals surface area contributed by atoms with E-state index in [9.17, 15) is 8.78 Å². The molecule has 0 aliphatic carbocycles. The van der Waals surface area contributed by atoms with Crippen molar-refractivity contribution in [1.82, 2.24) is 24.7 Å². The van der Waals surface area contributed by atoms with Crippen LogP contribution in [0, 0.1) is 4.77 Å². The molecule has 2 aromatic rings. The SMILES string of the molecule is FC(F)Cn1c(-c2ccncn2)n[nH]c1=S. The van der Waals surface area contributed by atoms with E-state index in [0.717, 1.165) is 0 Å². The van der Waals surface area contributed by atoms with Gasteiger partial charge in [0.15, 0.2) is 10.6 Å². The monoisotopic (exact) mass is 243 g/mol. The predicted octanol–water partition coefficient (Wildman–Crippen LogP) is 1.66. The number of aromatic nitrogens is 5. The van der Waals surface area contributed by atoms with Gasteiger partial charge in [0.05, 0.1) is 6.54 Å². The Morgan fingerprint density at radius 2 is 2.31 bits per heavy atom. The van der Waals surface area contributed by atoms with E-state index in [0.29, 0.717) is 5.69 Å². The quantitative estimate of drug-likeness (QED) is 0.833. The Balaban J connectivity index is 2.46. The third kappa shape index (κ3) is 2.11. The second-order valence-corrected chi connectivity index (χ2v) is 3.34. The number of hydrogen-bond acceptors (Lipinski definition) is 4. The summed E-state index contributed by atoms with van der Waals surface area (Å²) in [5.74, 6) is 0.285. The van der Waals surface area contributed by atoms with E-state index in [1.54, 1.807) is 6.07 Å². The van der Waals surface area contributed by atoms with Gasteiger partial charge in [0.1, 0.15) is 12.0 Å². The topological polar surface area (TPSA) is 59.4 Å². The fraction of sp³-hybridized carbons (Fsp3) is 0.250. The van der Waals surface area contributed by atoms with Gasteiger partial charge < -0.3 is 0 Å². The molecular formula is C8H7F2N5S. The molecule has 8 heteroatoms. The molecule has 0 aliphatic rings. The maximum atomic E-state index is 12.3. The predicted molar refractivity (Wildman–Crippen MR) is 54.4 cm³/mol. The molecular weight excluding hydrogens is 236 g/mol. The van der Waals surface area contributed by atoms with Crippen LogP contribution in [0.3, 0.4) is 0 Å².